The maximum Gasteiger partial charge on any atom is 0.0659 e. The zero-order chi connectivity index (χ0) is 13.3. The van der Waals surface area contributed by atoms with E-state index in [4.69, 9.17) is 0 Å². The topological polar surface area (TPSA) is 12.4 Å². The maximum atomic E-state index is 4.14. The second-order valence-corrected chi connectivity index (χ2v) is 4.57. The Labute approximate surface area is 106 Å². The first-order chi connectivity index (χ1) is 8.03. The minimum Gasteiger partial charge on any atom is -0.264 e. The molecule has 0 N–H and O–H groups in total. The van der Waals surface area contributed by atoms with Crippen molar-refractivity contribution in [3.63, 3.8) is 0 Å². The van der Waals surface area contributed by atoms with Crippen molar-refractivity contribution in [3.05, 3.63) is 48.2 Å². The Morgan fingerprint density at radius 2 is 1.94 bits per heavy atom. The fourth-order valence-electron chi connectivity index (χ4n) is 1.50. The molecule has 0 bridgehead atoms. The van der Waals surface area contributed by atoms with Crippen molar-refractivity contribution in [3.8, 4) is 0 Å². The van der Waals surface area contributed by atoms with Crippen LogP contribution in [0.5, 0.6) is 0 Å². The van der Waals surface area contributed by atoms with E-state index in [0.717, 1.165) is 24.1 Å². The number of hydrogen-bond acceptors (Lipinski definition) is 1. The average Bonchev–Trinajstić information content (AvgIpc) is 2.32. The molecule has 0 aromatic carbocycles. The number of unbranched alkanes of at least 4 members (excludes halogenated alkanes) is 1. The molecule has 1 nitrogen and oxygen atoms in total. The minimum absolute atomic E-state index is 0.0976. The molecule has 0 unspecified atom stereocenters. The molecule has 0 fully saturated rings. The molecule has 0 atom stereocenters. The van der Waals surface area contributed by atoms with Gasteiger partial charge in [0.25, 0.3) is 0 Å². The Balaban J connectivity index is 5.47. The summed E-state index contributed by atoms with van der Waals surface area (Å²) in [6, 6.07) is 0. The summed E-state index contributed by atoms with van der Waals surface area (Å²) < 4.78 is 0. The van der Waals surface area contributed by atoms with Gasteiger partial charge in [0, 0.05) is 5.41 Å². The van der Waals surface area contributed by atoms with Crippen LogP contribution in [0.4, 0.5) is 0 Å². The van der Waals surface area contributed by atoms with Crippen LogP contribution in [0.3, 0.4) is 0 Å². The quantitative estimate of drug-likeness (QED) is 0.329. The van der Waals surface area contributed by atoms with Gasteiger partial charge in [0.15, 0.2) is 0 Å². The summed E-state index contributed by atoms with van der Waals surface area (Å²) in [7, 11) is 0. The molecule has 0 aliphatic carbocycles. The first-order valence-corrected chi connectivity index (χ1v) is 6.17. The first-order valence-electron chi connectivity index (χ1n) is 6.17. The molecule has 0 amide bonds. The molecule has 0 aromatic heterocycles. The van der Waals surface area contributed by atoms with Gasteiger partial charge in [-0.2, -0.15) is 0 Å². The molecule has 0 spiro atoms. The lowest BCUT2D eigenvalue weighted by atomic mass is 9.82. The summed E-state index contributed by atoms with van der Waals surface area (Å²) in [5, 5.41) is 0. The summed E-state index contributed by atoms with van der Waals surface area (Å²) in [5.41, 5.74) is 1.98. The first kappa shape index (κ1) is 15.6. The molecule has 0 heterocycles. The zero-order valence-corrected chi connectivity index (χ0v) is 11.7. The highest BCUT2D eigenvalue weighted by Crippen LogP contribution is 2.32. The van der Waals surface area contributed by atoms with Gasteiger partial charge < -0.3 is 0 Å². The standard InChI is InChI=1S/C16H25N/c1-7-10-11-13-15(17-6)14(12-8-2)16(4,5)9-3/h8-9,11-13H,3,6-7,10H2,1-2,4-5H3/b12-8-,13-11-,15-14-. The van der Waals surface area contributed by atoms with Gasteiger partial charge in [-0.15, -0.1) is 6.58 Å². The predicted octanol–water partition coefficient (Wildman–Crippen LogP) is 5.09. The van der Waals surface area contributed by atoms with Gasteiger partial charge in [0.05, 0.1) is 5.70 Å². The number of nitrogens with zero attached hydrogens (tertiary/aromatic N) is 1. The van der Waals surface area contributed by atoms with Crippen molar-refractivity contribution in [2.45, 2.75) is 40.5 Å². The third-order valence-electron chi connectivity index (χ3n) is 2.72. The van der Waals surface area contributed by atoms with Crippen LogP contribution in [-0.2, 0) is 0 Å². The molecule has 0 saturated carbocycles. The van der Waals surface area contributed by atoms with Crippen molar-refractivity contribution in [1.29, 1.82) is 0 Å². The van der Waals surface area contributed by atoms with E-state index in [2.05, 4.69) is 57.3 Å². The van der Waals surface area contributed by atoms with Gasteiger partial charge >= 0.3 is 0 Å². The lowest BCUT2D eigenvalue weighted by Crippen LogP contribution is -2.11. The molecule has 0 aromatic rings. The molecule has 0 rings (SSSR count). The Morgan fingerprint density at radius 3 is 2.35 bits per heavy atom. The Morgan fingerprint density at radius 1 is 1.29 bits per heavy atom. The number of aliphatic imine (C=N–C) groups is 1. The Hall–Kier alpha value is -1.37. The van der Waals surface area contributed by atoms with Crippen molar-refractivity contribution < 1.29 is 0 Å². The van der Waals surface area contributed by atoms with Gasteiger partial charge in [-0.05, 0) is 31.7 Å². The molecule has 0 radical (unpaired) electrons. The molecular formula is C16H25N. The normalized spacial score (nSPS) is 14.1. The van der Waals surface area contributed by atoms with E-state index in [-0.39, 0.29) is 5.41 Å². The van der Waals surface area contributed by atoms with Crippen LogP contribution < -0.4 is 0 Å². The monoisotopic (exact) mass is 231 g/mol. The third kappa shape index (κ3) is 4.99. The zero-order valence-electron chi connectivity index (χ0n) is 11.7. The highest BCUT2D eigenvalue weighted by atomic mass is 14.7. The smallest absolute Gasteiger partial charge is 0.0659 e. The van der Waals surface area contributed by atoms with Crippen molar-refractivity contribution in [2.75, 3.05) is 0 Å². The van der Waals surface area contributed by atoms with E-state index in [1.165, 1.54) is 0 Å². The van der Waals surface area contributed by atoms with Crippen LogP contribution in [0.25, 0.3) is 0 Å². The summed E-state index contributed by atoms with van der Waals surface area (Å²) in [4.78, 5) is 4.14. The summed E-state index contributed by atoms with van der Waals surface area (Å²) >= 11 is 0. The van der Waals surface area contributed by atoms with E-state index in [1.807, 2.05) is 19.1 Å². The SMILES string of the molecule is C=CC(C)(C)C(/C=C\C)=C(/C=C\CCC)N=C. The van der Waals surface area contributed by atoms with E-state index >= 15 is 0 Å². The highest BCUT2D eigenvalue weighted by molar-refractivity contribution is 5.43. The van der Waals surface area contributed by atoms with Gasteiger partial charge in [-0.3, -0.25) is 4.99 Å². The number of allylic oxidation sites excluding steroid dienone is 6. The predicted molar refractivity (Wildman–Crippen MR) is 79.4 cm³/mol. The van der Waals surface area contributed by atoms with Crippen LogP contribution in [0, 0.1) is 5.41 Å². The van der Waals surface area contributed by atoms with Crippen molar-refractivity contribution >= 4 is 6.72 Å². The van der Waals surface area contributed by atoms with E-state index in [0.29, 0.717) is 0 Å². The lowest BCUT2D eigenvalue weighted by Gasteiger charge is -2.23. The molecule has 0 aliphatic heterocycles. The van der Waals surface area contributed by atoms with E-state index in [9.17, 15) is 0 Å². The van der Waals surface area contributed by atoms with Crippen LogP contribution in [0.1, 0.15) is 40.5 Å². The van der Waals surface area contributed by atoms with Crippen LogP contribution in [0.2, 0.25) is 0 Å². The molecule has 0 aliphatic rings. The minimum atomic E-state index is -0.0976. The second-order valence-electron chi connectivity index (χ2n) is 4.57. The van der Waals surface area contributed by atoms with Gasteiger partial charge in [-0.25, -0.2) is 0 Å². The highest BCUT2D eigenvalue weighted by Gasteiger charge is 2.19. The third-order valence-corrected chi connectivity index (χ3v) is 2.72. The van der Waals surface area contributed by atoms with Gasteiger partial charge in [0.1, 0.15) is 0 Å². The second kappa shape index (κ2) is 7.83. The van der Waals surface area contributed by atoms with E-state index < -0.39 is 0 Å². The van der Waals surface area contributed by atoms with E-state index in [1.54, 1.807) is 0 Å². The summed E-state index contributed by atoms with van der Waals surface area (Å²) in [5.74, 6) is 0. The molecule has 0 saturated heterocycles. The lowest BCUT2D eigenvalue weighted by molar-refractivity contribution is 0.591. The Bertz CT molecular complexity index is 341. The van der Waals surface area contributed by atoms with Gasteiger partial charge in [-0.1, -0.05) is 51.5 Å². The summed E-state index contributed by atoms with van der Waals surface area (Å²) in [6.07, 6.45) is 12.5. The number of hydrogen-bond donors (Lipinski definition) is 0. The fourth-order valence-corrected chi connectivity index (χ4v) is 1.50. The van der Waals surface area contributed by atoms with Crippen molar-refractivity contribution in [2.24, 2.45) is 10.4 Å². The van der Waals surface area contributed by atoms with Crippen LogP contribution in [0.15, 0.2) is 53.2 Å². The van der Waals surface area contributed by atoms with Crippen molar-refractivity contribution in [1.82, 2.24) is 0 Å². The van der Waals surface area contributed by atoms with Crippen LogP contribution in [-0.4, -0.2) is 6.72 Å². The molecule has 17 heavy (non-hydrogen) atoms. The molecule has 1 heteroatoms. The number of rotatable bonds is 7. The fraction of sp³-hybridized carbons (Fsp3) is 0.438. The maximum absolute atomic E-state index is 4.14. The average molecular weight is 231 g/mol. The molecule has 94 valence electrons. The molecular weight excluding hydrogens is 206 g/mol. The van der Waals surface area contributed by atoms with Gasteiger partial charge in [0.2, 0.25) is 0 Å². The Kier molecular flexibility index (Phi) is 7.20. The largest absolute Gasteiger partial charge is 0.264 e. The van der Waals surface area contributed by atoms with Crippen LogP contribution >= 0.6 is 0 Å². The summed E-state index contributed by atoms with van der Waals surface area (Å²) in [6.45, 7) is 16.0.